The van der Waals surface area contributed by atoms with E-state index in [0.29, 0.717) is 52.2 Å². The summed E-state index contributed by atoms with van der Waals surface area (Å²) in [6.07, 6.45) is 2.16. The van der Waals surface area contributed by atoms with Crippen LogP contribution >= 0.6 is 23.2 Å². The number of ether oxygens (including phenoxy) is 1. The summed E-state index contributed by atoms with van der Waals surface area (Å²) in [7, 11) is 1.30. The second-order valence-corrected chi connectivity index (χ2v) is 10.8. The van der Waals surface area contributed by atoms with Crippen LogP contribution in [-0.2, 0) is 11.2 Å². The summed E-state index contributed by atoms with van der Waals surface area (Å²) in [5.74, 6) is 1.25. The van der Waals surface area contributed by atoms with Crippen molar-refractivity contribution < 1.29 is 9.53 Å². The SMILES string of the molecule is COC(=O)Nc1ccc(C2=NC(C)(Cl)C([C@@H]3CCc4nc(-c5cc(Cl)ccc5-n5cnnn5)cc(=O)n43)N2)cc1. The number of fused-ring (bicyclic) bond motifs is 1. The van der Waals surface area contributed by atoms with Crippen molar-refractivity contribution in [3.8, 4) is 16.9 Å². The van der Waals surface area contributed by atoms with Crippen molar-refractivity contribution in [2.45, 2.75) is 36.8 Å². The first-order valence-electron chi connectivity index (χ1n) is 12.4. The number of alkyl halides is 1. The molecule has 2 aliphatic rings. The number of hydrogen-bond acceptors (Lipinski definition) is 9. The van der Waals surface area contributed by atoms with Gasteiger partial charge in [0.2, 0.25) is 0 Å². The van der Waals surface area contributed by atoms with Crippen molar-refractivity contribution in [2.24, 2.45) is 4.99 Å². The highest BCUT2D eigenvalue weighted by Gasteiger charge is 2.46. The maximum atomic E-state index is 13.6. The van der Waals surface area contributed by atoms with Crippen LogP contribution in [-0.4, -0.2) is 59.8 Å². The predicted octanol–water partition coefficient (Wildman–Crippen LogP) is 3.58. The average molecular weight is 580 g/mol. The molecule has 2 aliphatic heterocycles. The standard InChI is InChI=1S/C26H23Cl2N9O3/c1-26(28)23(32-24(33-26)14-3-6-16(7-4-14)30-25(39)40-2)20-9-10-21-31-18(12-22(38)37(20)21)17-11-15(27)5-8-19(17)36-13-29-34-35-36/h3-8,11-13,20,23H,9-10H2,1-2H3,(H,30,39)(H,32,33)/t20-,23?,26?/m0/s1. The van der Waals surface area contributed by atoms with Gasteiger partial charge in [0.05, 0.1) is 30.6 Å². The fourth-order valence-electron chi connectivity index (χ4n) is 5.19. The van der Waals surface area contributed by atoms with Gasteiger partial charge in [0, 0.05) is 34.3 Å². The highest BCUT2D eigenvalue weighted by atomic mass is 35.5. The van der Waals surface area contributed by atoms with Crippen molar-refractivity contribution in [1.29, 1.82) is 0 Å². The molecule has 12 nitrogen and oxygen atoms in total. The number of anilines is 1. The van der Waals surface area contributed by atoms with Gasteiger partial charge >= 0.3 is 6.09 Å². The monoisotopic (exact) mass is 579 g/mol. The quantitative estimate of drug-likeness (QED) is 0.270. The van der Waals surface area contributed by atoms with E-state index < -0.39 is 11.1 Å². The molecule has 2 unspecified atom stereocenters. The molecule has 3 atom stereocenters. The van der Waals surface area contributed by atoms with Crippen LogP contribution < -0.4 is 16.2 Å². The maximum absolute atomic E-state index is 13.6. The maximum Gasteiger partial charge on any atom is 0.411 e. The summed E-state index contributed by atoms with van der Waals surface area (Å²) in [5, 5.41) is 17.9. The zero-order chi connectivity index (χ0) is 28.0. The number of aromatic nitrogens is 6. The number of aliphatic imine (C=N–C) groups is 1. The van der Waals surface area contributed by atoms with Gasteiger partial charge in [-0.1, -0.05) is 23.2 Å². The molecule has 4 heterocycles. The summed E-state index contributed by atoms with van der Waals surface area (Å²) in [6.45, 7) is 1.82. The van der Waals surface area contributed by atoms with E-state index >= 15 is 0 Å². The van der Waals surface area contributed by atoms with Crippen molar-refractivity contribution >= 4 is 40.8 Å². The smallest absolute Gasteiger partial charge is 0.411 e. The molecule has 0 aliphatic carbocycles. The lowest BCUT2D eigenvalue weighted by Gasteiger charge is -2.29. The summed E-state index contributed by atoms with van der Waals surface area (Å²) in [4.78, 5) is 33.6. The van der Waals surface area contributed by atoms with Crippen LogP contribution in [0.5, 0.6) is 0 Å². The number of amidine groups is 1. The Hall–Kier alpha value is -4.29. The van der Waals surface area contributed by atoms with Crippen LogP contribution in [0.2, 0.25) is 5.02 Å². The zero-order valence-corrected chi connectivity index (χ0v) is 22.9. The third kappa shape index (κ3) is 4.69. The minimum atomic E-state index is -1.01. The third-order valence-corrected chi connectivity index (χ3v) is 7.57. The molecule has 204 valence electrons. The van der Waals surface area contributed by atoms with E-state index in [1.54, 1.807) is 34.9 Å². The van der Waals surface area contributed by atoms with Crippen LogP contribution in [0.4, 0.5) is 10.5 Å². The summed E-state index contributed by atoms with van der Waals surface area (Å²) < 4.78 is 7.83. The second kappa shape index (κ2) is 10.0. The number of carbonyl (C=O) groups excluding carboxylic acids is 1. The minimum absolute atomic E-state index is 0.203. The van der Waals surface area contributed by atoms with Crippen LogP contribution in [0.3, 0.4) is 0 Å². The van der Waals surface area contributed by atoms with Crippen LogP contribution in [0.15, 0.2) is 64.6 Å². The molecular formula is C26H23Cl2N9O3. The Morgan fingerprint density at radius 1 is 1.20 bits per heavy atom. The Morgan fingerprint density at radius 3 is 2.73 bits per heavy atom. The molecule has 2 aromatic carbocycles. The molecule has 6 rings (SSSR count). The predicted molar refractivity (Wildman–Crippen MR) is 149 cm³/mol. The summed E-state index contributed by atoms with van der Waals surface area (Å²) >= 11 is 13.2. The minimum Gasteiger partial charge on any atom is -0.453 e. The first-order valence-corrected chi connectivity index (χ1v) is 13.2. The fraction of sp³-hybridized carbons (Fsp3) is 0.269. The highest BCUT2D eigenvalue weighted by molar-refractivity contribution is 6.31. The van der Waals surface area contributed by atoms with Gasteiger partial charge in [-0.3, -0.25) is 14.7 Å². The normalized spacial score (nSPS) is 21.4. The van der Waals surface area contributed by atoms with Gasteiger partial charge in [-0.15, -0.1) is 5.10 Å². The Labute approximate surface area is 238 Å². The van der Waals surface area contributed by atoms with Gasteiger partial charge in [-0.25, -0.2) is 14.8 Å². The molecule has 0 fully saturated rings. The third-order valence-electron chi connectivity index (χ3n) is 7.02. The van der Waals surface area contributed by atoms with Gasteiger partial charge in [0.25, 0.3) is 5.56 Å². The Bertz CT molecular complexity index is 1680. The number of benzene rings is 2. The van der Waals surface area contributed by atoms with Crippen LogP contribution in [0.1, 0.15) is 30.8 Å². The molecule has 0 spiro atoms. The topological polar surface area (TPSA) is 141 Å². The van der Waals surface area contributed by atoms with Crippen LogP contribution in [0.25, 0.3) is 16.9 Å². The Morgan fingerprint density at radius 2 is 2.00 bits per heavy atom. The first kappa shape index (κ1) is 26.0. The molecule has 0 saturated heterocycles. The summed E-state index contributed by atoms with van der Waals surface area (Å²) in [6, 6.07) is 13.2. The van der Waals surface area contributed by atoms with Gasteiger partial charge in [-0.05, 0) is 66.2 Å². The van der Waals surface area contributed by atoms with Crippen molar-refractivity contribution in [3.63, 3.8) is 0 Å². The lowest BCUT2D eigenvalue weighted by atomic mass is 10.00. The average Bonchev–Trinajstić information content (AvgIpc) is 3.68. The van der Waals surface area contributed by atoms with Gasteiger partial charge in [0.1, 0.15) is 18.0 Å². The van der Waals surface area contributed by atoms with E-state index in [-0.39, 0.29) is 17.6 Å². The number of tetrazole rings is 1. The van der Waals surface area contributed by atoms with E-state index in [4.69, 9.17) is 33.2 Å². The molecule has 0 saturated carbocycles. The molecule has 4 aromatic rings. The number of nitrogens with one attached hydrogen (secondary N) is 2. The molecule has 2 N–H and O–H groups in total. The second-order valence-electron chi connectivity index (χ2n) is 9.59. The molecule has 40 heavy (non-hydrogen) atoms. The zero-order valence-electron chi connectivity index (χ0n) is 21.4. The van der Waals surface area contributed by atoms with Gasteiger partial charge in [-0.2, -0.15) is 4.68 Å². The first-order chi connectivity index (χ1) is 19.2. The van der Waals surface area contributed by atoms with Gasteiger partial charge in [0.15, 0.2) is 5.00 Å². The lowest BCUT2D eigenvalue weighted by molar-refractivity contribution is 0.187. The summed E-state index contributed by atoms with van der Waals surface area (Å²) in [5.41, 5.74) is 2.94. The van der Waals surface area contributed by atoms with E-state index in [2.05, 4.69) is 30.9 Å². The van der Waals surface area contributed by atoms with E-state index in [9.17, 15) is 9.59 Å². The fourth-order valence-corrected chi connectivity index (χ4v) is 5.65. The number of aryl methyl sites for hydroxylation is 1. The number of carbonyl (C=O) groups is 1. The molecule has 2 aromatic heterocycles. The molecular weight excluding hydrogens is 557 g/mol. The lowest BCUT2D eigenvalue weighted by Crippen LogP contribution is -2.47. The number of hydrogen-bond donors (Lipinski definition) is 2. The van der Waals surface area contributed by atoms with E-state index in [1.807, 2.05) is 19.1 Å². The Kier molecular flexibility index (Phi) is 6.51. The number of nitrogens with zero attached hydrogens (tertiary/aromatic N) is 7. The Balaban J connectivity index is 1.29. The van der Waals surface area contributed by atoms with Crippen molar-refractivity contribution in [2.75, 3.05) is 12.4 Å². The van der Waals surface area contributed by atoms with Crippen LogP contribution in [0, 0.1) is 0 Å². The van der Waals surface area contributed by atoms with Crippen molar-refractivity contribution in [3.05, 3.63) is 81.6 Å². The number of rotatable bonds is 5. The number of methoxy groups -OCH3 is 1. The molecule has 0 radical (unpaired) electrons. The van der Waals surface area contributed by atoms with Crippen molar-refractivity contribution in [1.82, 2.24) is 35.1 Å². The van der Waals surface area contributed by atoms with E-state index in [0.717, 1.165) is 5.56 Å². The molecule has 1 amide bonds. The largest absolute Gasteiger partial charge is 0.453 e. The number of halogens is 2. The number of amides is 1. The van der Waals surface area contributed by atoms with Gasteiger partial charge < -0.3 is 10.1 Å². The molecule has 14 heteroatoms. The molecule has 0 bridgehead atoms. The highest BCUT2D eigenvalue weighted by Crippen LogP contribution is 2.39. The van der Waals surface area contributed by atoms with E-state index in [1.165, 1.54) is 24.2 Å².